The van der Waals surface area contributed by atoms with Crippen LogP contribution in [0.5, 0.6) is 0 Å². The van der Waals surface area contributed by atoms with Crippen molar-refractivity contribution in [3.05, 3.63) is 17.7 Å². The Bertz CT molecular complexity index is 398. The summed E-state index contributed by atoms with van der Waals surface area (Å²) >= 11 is 0. The van der Waals surface area contributed by atoms with Crippen molar-refractivity contribution in [1.82, 2.24) is 9.55 Å². The number of hydrogen-bond acceptors (Lipinski definition) is 5. The molecule has 0 radical (unpaired) electrons. The maximum absolute atomic E-state index is 9.12. The van der Waals surface area contributed by atoms with Crippen molar-refractivity contribution in [2.24, 2.45) is 0 Å². The van der Waals surface area contributed by atoms with Gasteiger partial charge in [-0.15, -0.1) is 0 Å². The average molecular weight is 192 g/mol. The minimum atomic E-state index is -0.956. The molecule has 0 amide bonds. The zero-order chi connectivity index (χ0) is 10.6. The predicted molar refractivity (Wildman–Crippen MR) is 44.7 cm³/mol. The summed E-state index contributed by atoms with van der Waals surface area (Å²) in [4.78, 5) is 3.68. The standard InChI is InChI=1S/C8H8N4O2/c9-1-7-8(2-10)12(5-11-7)3-6(14)4-13/h5-6,13-14H,3-4H2. The van der Waals surface area contributed by atoms with Gasteiger partial charge in [0.05, 0.1) is 25.6 Å². The minimum absolute atomic E-state index is 0.0256. The van der Waals surface area contributed by atoms with Crippen LogP contribution in [-0.2, 0) is 6.54 Å². The third-order valence-corrected chi connectivity index (χ3v) is 1.67. The van der Waals surface area contributed by atoms with Gasteiger partial charge in [0.15, 0.2) is 11.4 Å². The molecule has 0 saturated carbocycles. The number of imidazole rings is 1. The molecule has 0 aliphatic rings. The Labute approximate surface area is 80.3 Å². The molecule has 72 valence electrons. The van der Waals surface area contributed by atoms with Crippen LogP contribution < -0.4 is 0 Å². The van der Waals surface area contributed by atoms with E-state index in [-0.39, 0.29) is 17.9 Å². The van der Waals surface area contributed by atoms with Gasteiger partial charge < -0.3 is 14.8 Å². The quantitative estimate of drug-likeness (QED) is 0.637. The largest absolute Gasteiger partial charge is 0.394 e. The minimum Gasteiger partial charge on any atom is -0.394 e. The van der Waals surface area contributed by atoms with E-state index in [1.807, 2.05) is 6.07 Å². The third-order valence-electron chi connectivity index (χ3n) is 1.67. The SMILES string of the molecule is N#Cc1ncn(CC(O)CO)c1C#N. The normalized spacial score (nSPS) is 11.7. The predicted octanol–water partition coefficient (Wildman–Crippen LogP) is -1.02. The number of rotatable bonds is 3. The van der Waals surface area contributed by atoms with E-state index in [1.165, 1.54) is 10.9 Å². The van der Waals surface area contributed by atoms with Gasteiger partial charge in [-0.1, -0.05) is 0 Å². The molecule has 1 atom stereocenters. The zero-order valence-corrected chi connectivity index (χ0v) is 7.25. The van der Waals surface area contributed by atoms with Crippen molar-refractivity contribution in [2.45, 2.75) is 12.6 Å². The van der Waals surface area contributed by atoms with Gasteiger partial charge in [-0.2, -0.15) is 10.5 Å². The molecule has 0 fully saturated rings. The van der Waals surface area contributed by atoms with Crippen LogP contribution >= 0.6 is 0 Å². The molecule has 2 N–H and O–H groups in total. The lowest BCUT2D eigenvalue weighted by Gasteiger charge is -2.07. The van der Waals surface area contributed by atoms with Gasteiger partial charge in [-0.05, 0) is 0 Å². The number of nitrogens with zero attached hydrogens (tertiary/aromatic N) is 4. The summed E-state index contributed by atoms with van der Waals surface area (Å²) in [7, 11) is 0. The summed E-state index contributed by atoms with van der Waals surface area (Å²) in [6, 6.07) is 3.57. The van der Waals surface area contributed by atoms with Crippen molar-refractivity contribution < 1.29 is 10.2 Å². The average Bonchev–Trinajstić information content (AvgIpc) is 2.59. The maximum atomic E-state index is 9.12. The Balaban J connectivity index is 2.95. The van der Waals surface area contributed by atoms with Gasteiger partial charge in [0.2, 0.25) is 0 Å². The van der Waals surface area contributed by atoms with Crippen LogP contribution in [0, 0.1) is 22.7 Å². The van der Waals surface area contributed by atoms with E-state index in [9.17, 15) is 0 Å². The van der Waals surface area contributed by atoms with Crippen LogP contribution in [-0.4, -0.2) is 32.5 Å². The summed E-state index contributed by atoms with van der Waals surface area (Å²) in [5, 5.41) is 35.0. The Kier molecular flexibility index (Phi) is 3.19. The van der Waals surface area contributed by atoms with Crippen LogP contribution in [0.2, 0.25) is 0 Å². The molecule has 1 aromatic heterocycles. The summed E-state index contributed by atoms with van der Waals surface area (Å²) < 4.78 is 1.33. The Morgan fingerprint density at radius 1 is 1.50 bits per heavy atom. The highest BCUT2D eigenvalue weighted by atomic mass is 16.3. The lowest BCUT2D eigenvalue weighted by molar-refractivity contribution is 0.0810. The Hall–Kier alpha value is -1.89. The molecule has 0 aromatic carbocycles. The van der Waals surface area contributed by atoms with Gasteiger partial charge >= 0.3 is 0 Å². The van der Waals surface area contributed by atoms with Gasteiger partial charge in [-0.25, -0.2) is 4.98 Å². The second-order valence-corrected chi connectivity index (χ2v) is 2.65. The topological polar surface area (TPSA) is 106 Å². The molecule has 0 spiro atoms. The Morgan fingerprint density at radius 3 is 2.71 bits per heavy atom. The first kappa shape index (κ1) is 10.2. The van der Waals surface area contributed by atoms with Crippen molar-refractivity contribution >= 4 is 0 Å². The molecular weight excluding hydrogens is 184 g/mol. The van der Waals surface area contributed by atoms with Gasteiger partial charge in [0.1, 0.15) is 12.1 Å². The molecular formula is C8H8N4O2. The fourth-order valence-electron chi connectivity index (χ4n) is 1.00. The highest BCUT2D eigenvalue weighted by Gasteiger charge is 2.12. The summed E-state index contributed by atoms with van der Waals surface area (Å²) in [5.74, 6) is 0. The molecule has 1 unspecified atom stereocenters. The first-order valence-corrected chi connectivity index (χ1v) is 3.87. The highest BCUT2D eigenvalue weighted by Crippen LogP contribution is 2.05. The third kappa shape index (κ3) is 1.88. The van der Waals surface area contributed by atoms with E-state index in [0.29, 0.717) is 0 Å². The van der Waals surface area contributed by atoms with Crippen LogP contribution in [0.4, 0.5) is 0 Å². The molecule has 0 bridgehead atoms. The summed E-state index contributed by atoms with van der Waals surface area (Å²) in [6.45, 7) is -0.348. The number of aliphatic hydroxyl groups is 2. The van der Waals surface area contributed by atoms with E-state index < -0.39 is 12.7 Å². The maximum Gasteiger partial charge on any atom is 0.176 e. The van der Waals surface area contributed by atoms with Crippen molar-refractivity contribution in [2.75, 3.05) is 6.61 Å². The summed E-state index contributed by atoms with van der Waals surface area (Å²) in [5.41, 5.74) is 0.123. The van der Waals surface area contributed by atoms with Crippen LogP contribution in [0.25, 0.3) is 0 Å². The fourth-order valence-corrected chi connectivity index (χ4v) is 1.00. The molecule has 6 heteroatoms. The van der Waals surface area contributed by atoms with Crippen molar-refractivity contribution in [1.29, 1.82) is 10.5 Å². The van der Waals surface area contributed by atoms with Crippen LogP contribution in [0.3, 0.4) is 0 Å². The molecule has 0 aliphatic heterocycles. The van der Waals surface area contributed by atoms with Crippen LogP contribution in [0.1, 0.15) is 11.4 Å². The molecule has 0 aliphatic carbocycles. The zero-order valence-electron chi connectivity index (χ0n) is 7.25. The van der Waals surface area contributed by atoms with E-state index in [4.69, 9.17) is 20.7 Å². The molecule has 6 nitrogen and oxygen atoms in total. The molecule has 1 rings (SSSR count). The second-order valence-electron chi connectivity index (χ2n) is 2.65. The van der Waals surface area contributed by atoms with E-state index in [2.05, 4.69) is 4.98 Å². The first-order valence-electron chi connectivity index (χ1n) is 3.87. The lowest BCUT2D eigenvalue weighted by atomic mass is 10.3. The van der Waals surface area contributed by atoms with E-state index in [1.54, 1.807) is 6.07 Å². The number of aromatic nitrogens is 2. The van der Waals surface area contributed by atoms with Crippen molar-refractivity contribution in [3.63, 3.8) is 0 Å². The molecule has 0 saturated heterocycles. The highest BCUT2D eigenvalue weighted by molar-refractivity contribution is 5.36. The Morgan fingerprint density at radius 2 is 2.21 bits per heavy atom. The monoisotopic (exact) mass is 192 g/mol. The van der Waals surface area contributed by atoms with Gasteiger partial charge in [-0.3, -0.25) is 0 Å². The fraction of sp³-hybridized carbons (Fsp3) is 0.375. The molecule has 1 aromatic rings. The van der Waals surface area contributed by atoms with Crippen LogP contribution in [0.15, 0.2) is 6.33 Å². The van der Waals surface area contributed by atoms with E-state index in [0.717, 1.165) is 0 Å². The molecule has 1 heterocycles. The first-order chi connectivity index (χ1) is 6.72. The number of nitriles is 2. The number of hydrogen-bond donors (Lipinski definition) is 2. The number of aliphatic hydroxyl groups excluding tert-OH is 2. The van der Waals surface area contributed by atoms with Gasteiger partial charge in [0.25, 0.3) is 0 Å². The summed E-state index contributed by atoms with van der Waals surface area (Å²) in [6.07, 6.45) is 0.332. The second kappa shape index (κ2) is 4.38. The van der Waals surface area contributed by atoms with Crippen molar-refractivity contribution in [3.8, 4) is 12.1 Å². The molecule has 14 heavy (non-hydrogen) atoms. The van der Waals surface area contributed by atoms with Gasteiger partial charge in [0, 0.05) is 0 Å². The lowest BCUT2D eigenvalue weighted by Crippen LogP contribution is -2.20. The smallest absolute Gasteiger partial charge is 0.176 e. The van der Waals surface area contributed by atoms with E-state index >= 15 is 0 Å².